The number of nitrogens with two attached hydrogens (primary N) is 2. The topological polar surface area (TPSA) is 127 Å². The van der Waals surface area contributed by atoms with Gasteiger partial charge >= 0.3 is 5.97 Å². The van der Waals surface area contributed by atoms with Gasteiger partial charge in [0.05, 0.1) is 12.5 Å². The second kappa shape index (κ2) is 4.20. The van der Waals surface area contributed by atoms with Gasteiger partial charge in [-0.3, -0.25) is 9.59 Å². The summed E-state index contributed by atoms with van der Waals surface area (Å²) in [6, 6.07) is 0. The lowest BCUT2D eigenvalue weighted by Gasteiger charge is -2.27. The summed E-state index contributed by atoms with van der Waals surface area (Å²) in [4.78, 5) is 21.0. The third-order valence-electron chi connectivity index (χ3n) is 1.97. The van der Waals surface area contributed by atoms with Gasteiger partial charge in [0.1, 0.15) is 5.54 Å². The van der Waals surface area contributed by atoms with Crippen LogP contribution in [0.5, 0.6) is 0 Å². The van der Waals surface area contributed by atoms with Crippen molar-refractivity contribution in [3.05, 3.63) is 0 Å². The molecule has 76 valence electrons. The van der Waals surface area contributed by atoms with E-state index < -0.39 is 29.9 Å². The van der Waals surface area contributed by atoms with Gasteiger partial charge in [-0.1, -0.05) is 6.92 Å². The van der Waals surface area contributed by atoms with Crippen molar-refractivity contribution in [3.63, 3.8) is 0 Å². The third-order valence-corrected chi connectivity index (χ3v) is 1.97. The Morgan fingerprint density at radius 3 is 2.23 bits per heavy atom. The molecule has 0 heterocycles. The highest BCUT2D eigenvalue weighted by atomic mass is 16.4. The number of hydrogen-bond acceptors (Lipinski definition) is 4. The largest absolute Gasteiger partial charge is 0.480 e. The average Bonchev–Trinajstić information content (AvgIpc) is 2.01. The van der Waals surface area contributed by atoms with E-state index in [0.29, 0.717) is 0 Å². The molecule has 0 aliphatic rings. The van der Waals surface area contributed by atoms with Crippen molar-refractivity contribution in [2.75, 3.05) is 0 Å². The van der Waals surface area contributed by atoms with Crippen LogP contribution >= 0.6 is 0 Å². The standard InChI is InChI=1S/C7H14N2O4/c1-2-7(9,6(12)13)4(10)3-5(8)11/h4,10H,2-3,9H2,1H3,(H2,8,11)(H,12,13). The van der Waals surface area contributed by atoms with Crippen LogP contribution in [0.3, 0.4) is 0 Å². The lowest BCUT2D eigenvalue weighted by molar-refractivity contribution is -0.148. The predicted octanol–water partition coefficient (Wildman–Crippen LogP) is -1.59. The molecule has 0 fully saturated rings. The van der Waals surface area contributed by atoms with Crippen molar-refractivity contribution in [1.82, 2.24) is 0 Å². The van der Waals surface area contributed by atoms with Gasteiger partial charge in [-0.2, -0.15) is 0 Å². The third kappa shape index (κ3) is 2.67. The van der Waals surface area contributed by atoms with E-state index in [9.17, 15) is 14.7 Å². The van der Waals surface area contributed by atoms with Gasteiger partial charge in [0.25, 0.3) is 0 Å². The molecule has 0 aliphatic heterocycles. The highest BCUT2D eigenvalue weighted by molar-refractivity contribution is 5.81. The molecule has 0 saturated heterocycles. The molecule has 6 N–H and O–H groups in total. The molecule has 2 unspecified atom stereocenters. The molecule has 0 saturated carbocycles. The van der Waals surface area contributed by atoms with Crippen molar-refractivity contribution in [2.45, 2.75) is 31.4 Å². The van der Waals surface area contributed by atoms with E-state index in [1.165, 1.54) is 6.92 Å². The van der Waals surface area contributed by atoms with Crippen molar-refractivity contribution < 1.29 is 19.8 Å². The van der Waals surface area contributed by atoms with Gasteiger partial charge in [0.2, 0.25) is 5.91 Å². The van der Waals surface area contributed by atoms with E-state index in [1.54, 1.807) is 0 Å². The zero-order valence-electron chi connectivity index (χ0n) is 7.36. The molecule has 6 nitrogen and oxygen atoms in total. The van der Waals surface area contributed by atoms with Gasteiger partial charge < -0.3 is 21.7 Å². The number of rotatable bonds is 5. The van der Waals surface area contributed by atoms with E-state index in [-0.39, 0.29) is 6.42 Å². The highest BCUT2D eigenvalue weighted by Gasteiger charge is 2.40. The van der Waals surface area contributed by atoms with Crippen LogP contribution in [0.4, 0.5) is 0 Å². The molecular weight excluding hydrogens is 176 g/mol. The number of aliphatic carboxylic acids is 1. The lowest BCUT2D eigenvalue weighted by Crippen LogP contribution is -2.57. The van der Waals surface area contributed by atoms with Crippen LogP contribution in [0.25, 0.3) is 0 Å². The maximum absolute atomic E-state index is 10.6. The second-order valence-electron chi connectivity index (χ2n) is 2.89. The minimum Gasteiger partial charge on any atom is -0.480 e. The molecule has 0 spiro atoms. The first-order valence-electron chi connectivity index (χ1n) is 3.83. The SMILES string of the molecule is CCC(N)(C(=O)O)C(O)CC(N)=O. The Morgan fingerprint density at radius 1 is 1.54 bits per heavy atom. The first-order valence-corrected chi connectivity index (χ1v) is 3.83. The molecule has 0 bridgehead atoms. The molecule has 0 aromatic rings. The van der Waals surface area contributed by atoms with Crippen LogP contribution in [0.1, 0.15) is 19.8 Å². The first kappa shape index (κ1) is 11.9. The molecule has 0 radical (unpaired) electrons. The fraction of sp³-hybridized carbons (Fsp3) is 0.714. The number of aliphatic hydroxyl groups is 1. The van der Waals surface area contributed by atoms with Crippen molar-refractivity contribution in [3.8, 4) is 0 Å². The fourth-order valence-electron chi connectivity index (χ4n) is 0.902. The van der Waals surface area contributed by atoms with Crippen LogP contribution < -0.4 is 11.5 Å². The van der Waals surface area contributed by atoms with Gasteiger partial charge in [0, 0.05) is 0 Å². The van der Waals surface area contributed by atoms with Gasteiger partial charge in [-0.15, -0.1) is 0 Å². The number of aliphatic hydroxyl groups excluding tert-OH is 1. The number of carbonyl (C=O) groups is 2. The molecule has 13 heavy (non-hydrogen) atoms. The molecule has 1 amide bonds. The first-order chi connectivity index (χ1) is 5.84. The van der Waals surface area contributed by atoms with E-state index in [2.05, 4.69) is 0 Å². The summed E-state index contributed by atoms with van der Waals surface area (Å²) in [6.07, 6.45) is -1.87. The highest BCUT2D eigenvalue weighted by Crippen LogP contribution is 2.15. The number of amides is 1. The number of carboxylic acid groups (broad SMARTS) is 1. The maximum Gasteiger partial charge on any atom is 0.326 e. The summed E-state index contributed by atoms with van der Waals surface area (Å²) in [5.74, 6) is -2.12. The average molecular weight is 190 g/mol. The molecular formula is C7H14N2O4. The Kier molecular flexibility index (Phi) is 3.83. The Hall–Kier alpha value is -1.14. The monoisotopic (exact) mass is 190 g/mol. The molecule has 0 aliphatic carbocycles. The summed E-state index contributed by atoms with van der Waals surface area (Å²) in [5, 5.41) is 18.0. The Balaban J connectivity index is 4.56. The molecule has 0 aromatic carbocycles. The van der Waals surface area contributed by atoms with Crippen LogP contribution in [-0.4, -0.2) is 33.7 Å². The number of carbonyl (C=O) groups excluding carboxylic acids is 1. The van der Waals surface area contributed by atoms with E-state index in [0.717, 1.165) is 0 Å². The van der Waals surface area contributed by atoms with E-state index >= 15 is 0 Å². The summed E-state index contributed by atoms with van der Waals surface area (Å²) in [7, 11) is 0. The van der Waals surface area contributed by atoms with Crippen molar-refractivity contribution in [2.24, 2.45) is 11.5 Å². The number of carboxylic acids is 1. The van der Waals surface area contributed by atoms with Gasteiger partial charge in [0.15, 0.2) is 0 Å². The summed E-state index contributed by atoms with van der Waals surface area (Å²) < 4.78 is 0. The quantitative estimate of drug-likeness (QED) is 0.416. The zero-order chi connectivity index (χ0) is 10.6. The van der Waals surface area contributed by atoms with E-state index in [1.807, 2.05) is 0 Å². The molecule has 0 rings (SSSR count). The molecule has 6 heteroatoms. The normalized spacial score (nSPS) is 17.5. The van der Waals surface area contributed by atoms with Crippen molar-refractivity contribution >= 4 is 11.9 Å². The maximum atomic E-state index is 10.6. The Morgan fingerprint density at radius 2 is 2.00 bits per heavy atom. The Labute approximate surface area is 75.5 Å². The second-order valence-corrected chi connectivity index (χ2v) is 2.89. The fourth-order valence-corrected chi connectivity index (χ4v) is 0.902. The van der Waals surface area contributed by atoms with Crippen molar-refractivity contribution in [1.29, 1.82) is 0 Å². The van der Waals surface area contributed by atoms with Gasteiger partial charge in [-0.25, -0.2) is 0 Å². The lowest BCUT2D eigenvalue weighted by atomic mass is 9.88. The smallest absolute Gasteiger partial charge is 0.326 e. The number of hydrogen-bond donors (Lipinski definition) is 4. The van der Waals surface area contributed by atoms with Crippen LogP contribution in [0, 0.1) is 0 Å². The number of primary amides is 1. The van der Waals surface area contributed by atoms with Crippen LogP contribution in [0.15, 0.2) is 0 Å². The minimum absolute atomic E-state index is 0.0246. The van der Waals surface area contributed by atoms with E-state index in [4.69, 9.17) is 16.6 Å². The predicted molar refractivity (Wildman–Crippen MR) is 44.7 cm³/mol. The molecule has 0 aromatic heterocycles. The zero-order valence-corrected chi connectivity index (χ0v) is 7.36. The Bertz CT molecular complexity index is 219. The summed E-state index contributed by atoms with van der Waals surface area (Å²) >= 11 is 0. The van der Waals surface area contributed by atoms with Crippen LogP contribution in [-0.2, 0) is 9.59 Å². The van der Waals surface area contributed by atoms with Gasteiger partial charge in [-0.05, 0) is 6.42 Å². The minimum atomic E-state index is -1.80. The summed E-state index contributed by atoms with van der Waals surface area (Å²) in [5.41, 5.74) is 8.38. The summed E-state index contributed by atoms with van der Waals surface area (Å²) in [6.45, 7) is 1.51. The van der Waals surface area contributed by atoms with Crippen LogP contribution in [0.2, 0.25) is 0 Å². The molecule has 2 atom stereocenters.